The van der Waals surface area contributed by atoms with Crippen molar-refractivity contribution >= 4 is 11.7 Å². The summed E-state index contributed by atoms with van der Waals surface area (Å²) in [6.07, 6.45) is 0. The number of nitrogens with zero attached hydrogens (tertiary/aromatic N) is 2. The molecule has 27 heavy (non-hydrogen) atoms. The third-order valence-electron chi connectivity index (χ3n) is 5.10. The van der Waals surface area contributed by atoms with E-state index in [0.29, 0.717) is 49.8 Å². The molecule has 0 spiro atoms. The van der Waals surface area contributed by atoms with Crippen molar-refractivity contribution in [2.45, 2.75) is 6.92 Å². The standard InChI is InChI=1S/C21H22N2O4/c1-15-4-2-3-5-17(15)21(25)23-10-8-22(9-11-23)13-18(24)16-6-7-19-20(12-16)27-14-26-19/h2-7,12H,8-11,13-14H2,1H3. The zero-order valence-corrected chi connectivity index (χ0v) is 15.3. The quantitative estimate of drug-likeness (QED) is 0.778. The van der Waals surface area contributed by atoms with E-state index in [9.17, 15) is 9.59 Å². The molecule has 0 saturated carbocycles. The number of ketones is 1. The number of hydrogen-bond donors (Lipinski definition) is 0. The van der Waals surface area contributed by atoms with Crippen LogP contribution >= 0.6 is 0 Å². The summed E-state index contributed by atoms with van der Waals surface area (Å²) in [7, 11) is 0. The number of fused-ring (bicyclic) bond motifs is 1. The zero-order valence-electron chi connectivity index (χ0n) is 15.3. The Bertz CT molecular complexity index is 872. The Morgan fingerprint density at radius 3 is 2.48 bits per heavy atom. The highest BCUT2D eigenvalue weighted by molar-refractivity contribution is 5.98. The van der Waals surface area contributed by atoms with Crippen LogP contribution in [-0.4, -0.2) is 61.0 Å². The molecule has 0 aromatic heterocycles. The van der Waals surface area contributed by atoms with Gasteiger partial charge < -0.3 is 14.4 Å². The highest BCUT2D eigenvalue weighted by atomic mass is 16.7. The van der Waals surface area contributed by atoms with E-state index in [1.807, 2.05) is 36.1 Å². The van der Waals surface area contributed by atoms with Gasteiger partial charge in [-0.05, 0) is 36.8 Å². The monoisotopic (exact) mass is 366 g/mol. The molecule has 2 aromatic rings. The SMILES string of the molecule is Cc1ccccc1C(=O)N1CCN(CC(=O)c2ccc3c(c2)OCO3)CC1. The summed E-state index contributed by atoms with van der Waals surface area (Å²) in [5.74, 6) is 1.41. The number of aryl methyl sites for hydroxylation is 1. The normalized spacial score (nSPS) is 16.4. The van der Waals surface area contributed by atoms with E-state index in [0.717, 1.165) is 11.1 Å². The second-order valence-electron chi connectivity index (χ2n) is 6.87. The number of Topliss-reactive ketones (excluding diaryl/α,β-unsaturated/α-hetero) is 1. The number of carbonyl (C=O) groups is 2. The lowest BCUT2D eigenvalue weighted by Gasteiger charge is -2.34. The summed E-state index contributed by atoms with van der Waals surface area (Å²) < 4.78 is 10.6. The van der Waals surface area contributed by atoms with E-state index in [1.165, 1.54) is 0 Å². The summed E-state index contributed by atoms with van der Waals surface area (Å²) in [5, 5.41) is 0. The van der Waals surface area contributed by atoms with E-state index in [2.05, 4.69) is 4.90 Å². The first-order chi connectivity index (χ1) is 13.1. The van der Waals surface area contributed by atoms with E-state index in [1.54, 1.807) is 18.2 Å². The third kappa shape index (κ3) is 3.66. The smallest absolute Gasteiger partial charge is 0.254 e. The largest absolute Gasteiger partial charge is 0.454 e. The van der Waals surface area contributed by atoms with Crippen molar-refractivity contribution in [3.63, 3.8) is 0 Å². The fourth-order valence-electron chi connectivity index (χ4n) is 3.46. The van der Waals surface area contributed by atoms with E-state index in [4.69, 9.17) is 9.47 Å². The molecule has 0 aliphatic carbocycles. The molecule has 0 atom stereocenters. The molecule has 0 unspecified atom stereocenters. The van der Waals surface area contributed by atoms with Crippen LogP contribution in [0.2, 0.25) is 0 Å². The van der Waals surface area contributed by atoms with Crippen molar-refractivity contribution in [2.75, 3.05) is 39.5 Å². The lowest BCUT2D eigenvalue weighted by Crippen LogP contribution is -2.50. The molecule has 1 fully saturated rings. The van der Waals surface area contributed by atoms with Gasteiger partial charge in [0, 0.05) is 37.3 Å². The Hall–Kier alpha value is -2.86. The minimum atomic E-state index is 0.0481. The van der Waals surface area contributed by atoms with Crippen LogP contribution in [0.3, 0.4) is 0 Å². The van der Waals surface area contributed by atoms with Gasteiger partial charge in [0.25, 0.3) is 5.91 Å². The molecule has 6 heteroatoms. The molecule has 2 heterocycles. The average molecular weight is 366 g/mol. The molecular weight excluding hydrogens is 344 g/mol. The molecule has 0 N–H and O–H groups in total. The number of carbonyl (C=O) groups excluding carboxylic acids is 2. The van der Waals surface area contributed by atoms with Gasteiger partial charge in [0.2, 0.25) is 6.79 Å². The molecule has 1 saturated heterocycles. The fourth-order valence-corrected chi connectivity index (χ4v) is 3.46. The van der Waals surface area contributed by atoms with Gasteiger partial charge >= 0.3 is 0 Å². The molecular formula is C21H22N2O4. The van der Waals surface area contributed by atoms with Crippen molar-refractivity contribution in [3.05, 3.63) is 59.2 Å². The minimum absolute atomic E-state index is 0.0481. The molecule has 0 bridgehead atoms. The maximum atomic E-state index is 12.7. The molecule has 2 aromatic carbocycles. The summed E-state index contributed by atoms with van der Waals surface area (Å²) in [4.78, 5) is 29.2. The van der Waals surface area contributed by atoms with Crippen molar-refractivity contribution < 1.29 is 19.1 Å². The Morgan fingerprint density at radius 2 is 1.70 bits per heavy atom. The highest BCUT2D eigenvalue weighted by Crippen LogP contribution is 2.32. The Kier molecular flexibility index (Phi) is 4.81. The molecule has 6 nitrogen and oxygen atoms in total. The number of hydrogen-bond acceptors (Lipinski definition) is 5. The molecule has 2 aliphatic heterocycles. The average Bonchev–Trinajstić information content (AvgIpc) is 3.16. The predicted octanol–water partition coefficient (Wildman–Crippen LogP) is 2.36. The van der Waals surface area contributed by atoms with E-state index < -0.39 is 0 Å². The maximum absolute atomic E-state index is 12.7. The lowest BCUT2D eigenvalue weighted by molar-refractivity contribution is 0.0623. The van der Waals surface area contributed by atoms with Gasteiger partial charge in [-0.1, -0.05) is 18.2 Å². The summed E-state index contributed by atoms with van der Waals surface area (Å²) in [5.41, 5.74) is 2.36. The van der Waals surface area contributed by atoms with Crippen LogP contribution in [0.5, 0.6) is 11.5 Å². The molecule has 140 valence electrons. The molecule has 4 rings (SSSR count). The molecule has 2 aliphatic rings. The Morgan fingerprint density at radius 1 is 0.963 bits per heavy atom. The van der Waals surface area contributed by atoms with E-state index in [-0.39, 0.29) is 18.5 Å². The van der Waals surface area contributed by atoms with Crippen LogP contribution in [0.4, 0.5) is 0 Å². The van der Waals surface area contributed by atoms with Gasteiger partial charge in [0.05, 0.1) is 6.54 Å². The fraction of sp³-hybridized carbons (Fsp3) is 0.333. The Balaban J connectivity index is 1.33. The van der Waals surface area contributed by atoms with Gasteiger partial charge in [0.1, 0.15) is 0 Å². The van der Waals surface area contributed by atoms with Crippen molar-refractivity contribution in [1.29, 1.82) is 0 Å². The van der Waals surface area contributed by atoms with Gasteiger partial charge in [-0.15, -0.1) is 0 Å². The van der Waals surface area contributed by atoms with Crippen LogP contribution in [0.25, 0.3) is 0 Å². The number of benzene rings is 2. The third-order valence-corrected chi connectivity index (χ3v) is 5.10. The molecule has 1 amide bonds. The lowest BCUT2D eigenvalue weighted by atomic mass is 10.1. The topological polar surface area (TPSA) is 59.1 Å². The highest BCUT2D eigenvalue weighted by Gasteiger charge is 2.25. The maximum Gasteiger partial charge on any atom is 0.254 e. The van der Waals surface area contributed by atoms with Crippen molar-refractivity contribution in [2.24, 2.45) is 0 Å². The number of piperazine rings is 1. The first-order valence-electron chi connectivity index (χ1n) is 9.12. The number of rotatable bonds is 4. The number of amides is 1. The van der Waals surface area contributed by atoms with Gasteiger partial charge in [-0.3, -0.25) is 14.5 Å². The Labute approximate surface area is 158 Å². The molecule has 0 radical (unpaired) electrons. The van der Waals surface area contributed by atoms with Gasteiger partial charge in [-0.2, -0.15) is 0 Å². The van der Waals surface area contributed by atoms with Crippen molar-refractivity contribution in [1.82, 2.24) is 9.80 Å². The van der Waals surface area contributed by atoms with Crippen molar-refractivity contribution in [3.8, 4) is 11.5 Å². The second kappa shape index (κ2) is 7.40. The van der Waals surface area contributed by atoms with Crippen LogP contribution in [0.1, 0.15) is 26.3 Å². The first-order valence-corrected chi connectivity index (χ1v) is 9.12. The zero-order chi connectivity index (χ0) is 18.8. The van der Waals surface area contributed by atoms with Crippen LogP contribution in [0.15, 0.2) is 42.5 Å². The predicted molar refractivity (Wildman–Crippen MR) is 100 cm³/mol. The second-order valence-corrected chi connectivity index (χ2v) is 6.87. The van der Waals surface area contributed by atoms with Gasteiger partial charge in [0.15, 0.2) is 17.3 Å². The summed E-state index contributed by atoms with van der Waals surface area (Å²) in [6.45, 7) is 5.12. The van der Waals surface area contributed by atoms with E-state index >= 15 is 0 Å². The number of ether oxygens (including phenoxy) is 2. The van der Waals surface area contributed by atoms with Crippen LogP contribution in [-0.2, 0) is 0 Å². The van der Waals surface area contributed by atoms with Crippen LogP contribution in [0, 0.1) is 6.92 Å². The minimum Gasteiger partial charge on any atom is -0.454 e. The summed E-state index contributed by atoms with van der Waals surface area (Å²) >= 11 is 0. The first kappa shape index (κ1) is 17.5. The summed E-state index contributed by atoms with van der Waals surface area (Å²) in [6, 6.07) is 12.9. The van der Waals surface area contributed by atoms with Crippen LogP contribution < -0.4 is 9.47 Å². The van der Waals surface area contributed by atoms with Gasteiger partial charge in [-0.25, -0.2) is 0 Å².